The Balaban J connectivity index is 1.37. The Morgan fingerprint density at radius 3 is 2.70 bits per heavy atom. The van der Waals surface area contributed by atoms with E-state index < -0.39 is 0 Å². The molecule has 0 unspecified atom stereocenters. The monoisotopic (exact) mass is 463 g/mol. The van der Waals surface area contributed by atoms with Crippen LogP contribution in [-0.4, -0.2) is 35.7 Å². The molecule has 1 N–H and O–H groups in total. The highest BCUT2D eigenvalue weighted by molar-refractivity contribution is 6.30. The number of hydrogen-bond acceptors (Lipinski definition) is 4. The summed E-state index contributed by atoms with van der Waals surface area (Å²) >= 11 is 5.97. The number of aromatic nitrogens is 2. The topological polar surface area (TPSA) is 65.4 Å². The van der Waals surface area contributed by atoms with Crippen molar-refractivity contribution >= 4 is 28.5 Å². The van der Waals surface area contributed by atoms with Crippen molar-refractivity contribution < 1.29 is 14.3 Å². The highest BCUT2D eigenvalue weighted by atomic mass is 35.5. The van der Waals surface area contributed by atoms with Crippen LogP contribution in [0.25, 0.3) is 11.0 Å². The molecular weight excluding hydrogens is 438 g/mol. The fourth-order valence-electron chi connectivity index (χ4n) is 3.69. The molecule has 170 valence electrons. The third kappa shape index (κ3) is 5.84. The Hall–Kier alpha value is -3.51. The minimum absolute atomic E-state index is 0.127. The van der Waals surface area contributed by atoms with Crippen LogP contribution in [0.1, 0.15) is 22.6 Å². The lowest BCUT2D eigenvalue weighted by atomic mass is 10.2. The summed E-state index contributed by atoms with van der Waals surface area (Å²) < 4.78 is 13.4. The molecule has 6 nitrogen and oxygen atoms in total. The van der Waals surface area contributed by atoms with Gasteiger partial charge >= 0.3 is 0 Å². The van der Waals surface area contributed by atoms with E-state index in [-0.39, 0.29) is 5.91 Å². The summed E-state index contributed by atoms with van der Waals surface area (Å²) in [5, 5.41) is 3.50. The van der Waals surface area contributed by atoms with E-state index in [0.717, 1.165) is 41.2 Å². The van der Waals surface area contributed by atoms with Crippen molar-refractivity contribution in [3.05, 3.63) is 89.2 Å². The van der Waals surface area contributed by atoms with Crippen molar-refractivity contribution in [3.63, 3.8) is 0 Å². The number of amides is 1. The lowest BCUT2D eigenvalue weighted by Gasteiger charge is -2.12. The number of carbonyl (C=O) groups excluding carboxylic acids is 1. The van der Waals surface area contributed by atoms with Crippen molar-refractivity contribution in [3.8, 4) is 11.5 Å². The smallest absolute Gasteiger partial charge is 0.251 e. The van der Waals surface area contributed by atoms with Crippen molar-refractivity contribution in [2.24, 2.45) is 0 Å². The first-order chi connectivity index (χ1) is 16.1. The van der Waals surface area contributed by atoms with Gasteiger partial charge in [0, 0.05) is 29.6 Å². The summed E-state index contributed by atoms with van der Waals surface area (Å²) in [5.41, 5.74) is 2.59. The van der Waals surface area contributed by atoms with Crippen molar-refractivity contribution in [1.82, 2.24) is 14.9 Å². The number of aryl methyl sites for hydroxylation is 1. The molecule has 3 aromatic carbocycles. The summed E-state index contributed by atoms with van der Waals surface area (Å²) in [6.07, 6.45) is 1.51. The highest BCUT2D eigenvalue weighted by Gasteiger charge is 2.11. The average Bonchev–Trinajstić information content (AvgIpc) is 3.19. The van der Waals surface area contributed by atoms with Gasteiger partial charge in [-0.1, -0.05) is 35.9 Å². The maximum atomic E-state index is 12.3. The number of ether oxygens (including phenoxy) is 2. The molecule has 1 aromatic heterocycles. The first-order valence-corrected chi connectivity index (χ1v) is 11.3. The van der Waals surface area contributed by atoms with Crippen LogP contribution in [0.15, 0.2) is 72.8 Å². The summed E-state index contributed by atoms with van der Waals surface area (Å²) in [6, 6.07) is 22.6. The predicted molar refractivity (Wildman–Crippen MR) is 130 cm³/mol. The van der Waals surface area contributed by atoms with Crippen LogP contribution in [0.3, 0.4) is 0 Å². The van der Waals surface area contributed by atoms with E-state index in [1.165, 1.54) is 0 Å². The summed E-state index contributed by atoms with van der Waals surface area (Å²) in [6.45, 7) is 1.73. The van der Waals surface area contributed by atoms with E-state index in [4.69, 9.17) is 26.1 Å². The molecular formula is C26H26ClN3O3. The fraction of sp³-hybridized carbons (Fsp3) is 0.231. The molecule has 4 rings (SSSR count). The Kier molecular flexibility index (Phi) is 7.47. The molecule has 0 aliphatic carbocycles. The van der Waals surface area contributed by atoms with E-state index in [0.29, 0.717) is 30.3 Å². The number of fused-ring (bicyclic) bond motifs is 1. The molecule has 1 amide bonds. The van der Waals surface area contributed by atoms with Crippen LogP contribution >= 0.6 is 11.6 Å². The van der Waals surface area contributed by atoms with Crippen molar-refractivity contribution in [2.75, 3.05) is 20.3 Å². The van der Waals surface area contributed by atoms with E-state index in [2.05, 4.69) is 16.0 Å². The first kappa shape index (κ1) is 22.7. The molecule has 4 aromatic rings. The molecule has 7 heteroatoms. The largest absolute Gasteiger partial charge is 0.497 e. The first-order valence-electron chi connectivity index (χ1n) is 10.9. The lowest BCUT2D eigenvalue weighted by Crippen LogP contribution is -2.25. The van der Waals surface area contributed by atoms with Gasteiger partial charge in [0.2, 0.25) is 0 Å². The number of nitrogens with zero attached hydrogens (tertiary/aromatic N) is 2. The molecule has 0 atom stereocenters. The molecule has 0 aliphatic rings. The third-order valence-corrected chi connectivity index (χ3v) is 5.54. The molecule has 0 aliphatic heterocycles. The van der Waals surface area contributed by atoms with Gasteiger partial charge in [-0.25, -0.2) is 4.98 Å². The number of benzene rings is 3. The van der Waals surface area contributed by atoms with E-state index in [1.807, 2.05) is 42.5 Å². The lowest BCUT2D eigenvalue weighted by molar-refractivity contribution is 0.0953. The van der Waals surface area contributed by atoms with Gasteiger partial charge in [-0.05, 0) is 48.9 Å². The van der Waals surface area contributed by atoms with Crippen LogP contribution in [0.2, 0.25) is 5.02 Å². The van der Waals surface area contributed by atoms with Gasteiger partial charge in [-0.3, -0.25) is 4.79 Å². The van der Waals surface area contributed by atoms with Gasteiger partial charge in [-0.15, -0.1) is 0 Å². The average molecular weight is 464 g/mol. The number of hydrogen-bond donors (Lipinski definition) is 1. The molecule has 0 saturated carbocycles. The second-order valence-electron chi connectivity index (χ2n) is 7.57. The van der Waals surface area contributed by atoms with E-state index in [1.54, 1.807) is 31.4 Å². The Morgan fingerprint density at radius 2 is 1.85 bits per heavy atom. The zero-order chi connectivity index (χ0) is 23.0. The molecule has 0 bridgehead atoms. The van der Waals surface area contributed by atoms with E-state index in [9.17, 15) is 4.79 Å². The second kappa shape index (κ2) is 10.9. The van der Waals surface area contributed by atoms with Crippen LogP contribution in [0, 0.1) is 0 Å². The SMILES string of the molecule is COc1cccc(OCCn2c(CCCNC(=O)c3cccc(Cl)c3)nc3ccccc32)c1. The highest BCUT2D eigenvalue weighted by Crippen LogP contribution is 2.20. The summed E-state index contributed by atoms with van der Waals surface area (Å²) in [4.78, 5) is 17.1. The van der Waals surface area contributed by atoms with Gasteiger partial charge in [0.1, 0.15) is 23.9 Å². The maximum absolute atomic E-state index is 12.3. The molecule has 0 radical (unpaired) electrons. The predicted octanol–water partition coefficient (Wildman–Crippen LogP) is 5.14. The number of carbonyl (C=O) groups is 1. The summed E-state index contributed by atoms with van der Waals surface area (Å²) in [7, 11) is 1.64. The molecule has 0 saturated heterocycles. The number of methoxy groups -OCH3 is 1. The van der Waals surface area contributed by atoms with Crippen molar-refractivity contribution in [2.45, 2.75) is 19.4 Å². The Labute approximate surface area is 198 Å². The zero-order valence-corrected chi connectivity index (χ0v) is 19.2. The quantitative estimate of drug-likeness (QED) is 0.331. The maximum Gasteiger partial charge on any atom is 0.251 e. The summed E-state index contributed by atoms with van der Waals surface area (Å²) in [5.74, 6) is 2.38. The van der Waals surface area contributed by atoms with Gasteiger partial charge in [-0.2, -0.15) is 0 Å². The molecule has 1 heterocycles. The minimum Gasteiger partial charge on any atom is -0.497 e. The normalized spacial score (nSPS) is 10.8. The van der Waals surface area contributed by atoms with Crippen molar-refractivity contribution in [1.29, 1.82) is 0 Å². The van der Waals surface area contributed by atoms with Crippen LogP contribution in [0.4, 0.5) is 0 Å². The minimum atomic E-state index is -0.127. The number of imidazole rings is 1. The van der Waals surface area contributed by atoms with Crippen LogP contribution < -0.4 is 14.8 Å². The third-order valence-electron chi connectivity index (χ3n) is 5.31. The number of para-hydroxylation sites is 2. The van der Waals surface area contributed by atoms with E-state index >= 15 is 0 Å². The zero-order valence-electron chi connectivity index (χ0n) is 18.5. The van der Waals surface area contributed by atoms with Crippen LogP contribution in [0.5, 0.6) is 11.5 Å². The fourth-order valence-corrected chi connectivity index (χ4v) is 3.88. The van der Waals surface area contributed by atoms with Gasteiger partial charge in [0.05, 0.1) is 24.7 Å². The second-order valence-corrected chi connectivity index (χ2v) is 8.00. The number of halogens is 1. The van der Waals surface area contributed by atoms with Gasteiger partial charge in [0.15, 0.2) is 0 Å². The standard InChI is InChI=1S/C26H26ClN3O3/c1-32-21-9-5-10-22(18-21)33-16-15-30-24-12-3-2-11-23(24)29-25(30)13-6-14-28-26(31)19-7-4-8-20(27)17-19/h2-5,7-12,17-18H,6,13-16H2,1H3,(H,28,31). The number of rotatable bonds is 10. The molecule has 33 heavy (non-hydrogen) atoms. The Bertz CT molecular complexity index is 1240. The van der Waals surface area contributed by atoms with Crippen LogP contribution in [-0.2, 0) is 13.0 Å². The Morgan fingerprint density at radius 1 is 1.03 bits per heavy atom. The van der Waals surface area contributed by atoms with Gasteiger partial charge in [0.25, 0.3) is 5.91 Å². The van der Waals surface area contributed by atoms with Gasteiger partial charge < -0.3 is 19.4 Å². The molecule has 0 fully saturated rings. The number of nitrogens with one attached hydrogen (secondary N) is 1. The molecule has 0 spiro atoms.